The van der Waals surface area contributed by atoms with Crippen LogP contribution in [-0.4, -0.2) is 9.79 Å². The zero-order valence-corrected chi connectivity index (χ0v) is 7.68. The molecule has 0 aliphatic heterocycles. The van der Waals surface area contributed by atoms with Crippen molar-refractivity contribution in [3.63, 3.8) is 0 Å². The molecule has 11 heavy (non-hydrogen) atoms. The second-order valence-electron chi connectivity index (χ2n) is 2.28. The van der Waals surface area contributed by atoms with Crippen LogP contribution in [0.25, 0.3) is 0 Å². The van der Waals surface area contributed by atoms with Gasteiger partial charge in [0, 0.05) is 4.88 Å². The molecular weight excluding hydrogens is 183 g/mol. The molecule has 1 rings (SSSR count). The predicted molar refractivity (Wildman–Crippen MR) is 44.8 cm³/mol. The van der Waals surface area contributed by atoms with Gasteiger partial charge in [0.05, 0.1) is 5.66 Å². The van der Waals surface area contributed by atoms with Crippen LogP contribution >= 0.6 is 18.9 Å². The summed E-state index contributed by atoms with van der Waals surface area (Å²) in [4.78, 5) is 18.3. The molecule has 0 aliphatic rings. The summed E-state index contributed by atoms with van der Waals surface area (Å²) in [5.41, 5.74) is -0.664. The van der Waals surface area contributed by atoms with Crippen LogP contribution in [0.2, 0.25) is 0 Å². The maximum Gasteiger partial charge on any atom is 0.333 e. The van der Waals surface area contributed by atoms with Gasteiger partial charge in [-0.25, -0.2) is 0 Å². The van der Waals surface area contributed by atoms with Crippen molar-refractivity contribution >= 4 is 18.9 Å². The molecule has 0 fully saturated rings. The van der Waals surface area contributed by atoms with E-state index >= 15 is 0 Å². The predicted octanol–water partition coefficient (Wildman–Crippen LogP) is 1.99. The Morgan fingerprint density at radius 3 is 2.64 bits per heavy atom. The maximum atomic E-state index is 10.7. The highest BCUT2D eigenvalue weighted by atomic mass is 32.1. The fraction of sp³-hybridized carbons (Fsp3) is 0.333. The summed E-state index contributed by atoms with van der Waals surface area (Å²) in [6.07, 6.45) is 0. The second kappa shape index (κ2) is 3.07. The summed E-state index contributed by atoms with van der Waals surface area (Å²) in [5.74, 6) is 0. The molecule has 1 aromatic heterocycles. The third kappa shape index (κ3) is 2.14. The highest BCUT2D eigenvalue weighted by molar-refractivity contribution is 7.52. The number of hydrogen-bond acceptors (Lipinski definition) is 2. The Labute approximate surface area is 68.9 Å². The van der Waals surface area contributed by atoms with Crippen LogP contribution in [0.15, 0.2) is 17.5 Å². The summed E-state index contributed by atoms with van der Waals surface area (Å²) in [6, 6.07) is 3.51. The van der Waals surface area contributed by atoms with Crippen molar-refractivity contribution in [3.05, 3.63) is 22.4 Å². The lowest BCUT2D eigenvalue weighted by molar-refractivity contribution is 0.362. The van der Waals surface area contributed by atoms with Gasteiger partial charge >= 0.3 is 7.60 Å². The van der Waals surface area contributed by atoms with Crippen LogP contribution in [0.3, 0.4) is 0 Å². The van der Waals surface area contributed by atoms with Crippen molar-refractivity contribution in [1.29, 1.82) is 0 Å². The largest absolute Gasteiger partial charge is 0.333 e. The van der Waals surface area contributed by atoms with E-state index in [-0.39, 0.29) is 0 Å². The van der Waals surface area contributed by atoms with Gasteiger partial charge in [-0.3, -0.25) is 4.57 Å². The molecule has 0 radical (unpaired) electrons. The summed E-state index contributed by atoms with van der Waals surface area (Å²) in [7, 11) is -3.94. The van der Waals surface area contributed by atoms with E-state index in [0.717, 1.165) is 4.88 Å². The first-order chi connectivity index (χ1) is 5.02. The molecule has 0 amide bonds. The minimum Gasteiger partial charge on any atom is -0.324 e. The fourth-order valence-corrected chi connectivity index (χ4v) is 2.38. The topological polar surface area (TPSA) is 57.5 Å². The van der Waals surface area contributed by atoms with E-state index in [0.29, 0.717) is 0 Å². The number of hydrogen-bond donors (Lipinski definition) is 2. The van der Waals surface area contributed by atoms with Crippen molar-refractivity contribution in [2.24, 2.45) is 0 Å². The average Bonchev–Trinajstić information content (AvgIpc) is 2.34. The molecule has 2 N–H and O–H groups in total. The Hall–Kier alpha value is -0.150. The first-order valence-electron chi connectivity index (χ1n) is 3.10. The maximum absolute atomic E-state index is 10.7. The zero-order valence-electron chi connectivity index (χ0n) is 5.97. The minimum absolute atomic E-state index is 0.664. The van der Waals surface area contributed by atoms with Crippen LogP contribution in [0.4, 0.5) is 0 Å². The van der Waals surface area contributed by atoms with Crippen LogP contribution in [0.5, 0.6) is 0 Å². The number of rotatable bonds is 2. The molecule has 1 unspecified atom stereocenters. The van der Waals surface area contributed by atoms with Gasteiger partial charge in [-0.2, -0.15) is 0 Å². The summed E-state index contributed by atoms with van der Waals surface area (Å²) >= 11 is 1.37. The van der Waals surface area contributed by atoms with Crippen molar-refractivity contribution < 1.29 is 14.4 Å². The Bertz CT molecular complexity index is 263. The highest BCUT2D eigenvalue weighted by Gasteiger charge is 2.25. The molecule has 3 nitrogen and oxygen atoms in total. The average molecular weight is 192 g/mol. The van der Waals surface area contributed by atoms with Crippen molar-refractivity contribution in [3.8, 4) is 0 Å². The lowest BCUT2D eigenvalue weighted by Crippen LogP contribution is -1.90. The fourth-order valence-electron chi connectivity index (χ4n) is 0.695. The summed E-state index contributed by atoms with van der Waals surface area (Å²) < 4.78 is 10.7. The van der Waals surface area contributed by atoms with E-state index in [4.69, 9.17) is 9.79 Å². The van der Waals surface area contributed by atoms with Gasteiger partial charge in [0.1, 0.15) is 0 Å². The van der Waals surface area contributed by atoms with Crippen LogP contribution in [0, 0.1) is 0 Å². The van der Waals surface area contributed by atoms with Crippen LogP contribution in [0.1, 0.15) is 17.5 Å². The molecule has 0 bridgehead atoms. The Kier molecular flexibility index (Phi) is 2.50. The van der Waals surface area contributed by atoms with E-state index in [1.165, 1.54) is 18.3 Å². The van der Waals surface area contributed by atoms with Gasteiger partial charge in [0.2, 0.25) is 0 Å². The molecule has 5 heteroatoms. The smallest absolute Gasteiger partial charge is 0.324 e. The van der Waals surface area contributed by atoms with E-state index in [2.05, 4.69) is 0 Å². The molecule has 0 spiro atoms. The van der Waals surface area contributed by atoms with E-state index in [1.54, 1.807) is 12.1 Å². The van der Waals surface area contributed by atoms with Crippen molar-refractivity contribution in [2.45, 2.75) is 12.6 Å². The molecule has 0 aromatic carbocycles. The van der Waals surface area contributed by atoms with Crippen LogP contribution in [-0.2, 0) is 4.57 Å². The van der Waals surface area contributed by atoms with Crippen molar-refractivity contribution in [2.75, 3.05) is 0 Å². The van der Waals surface area contributed by atoms with Gasteiger partial charge in [-0.05, 0) is 18.4 Å². The lowest BCUT2D eigenvalue weighted by atomic mass is 10.4. The molecule has 1 heterocycles. The van der Waals surface area contributed by atoms with Gasteiger partial charge in [-0.1, -0.05) is 6.07 Å². The summed E-state index contributed by atoms with van der Waals surface area (Å²) in [6.45, 7) is 1.53. The van der Waals surface area contributed by atoms with Crippen molar-refractivity contribution in [1.82, 2.24) is 0 Å². The van der Waals surface area contributed by atoms with Gasteiger partial charge in [-0.15, -0.1) is 11.3 Å². The Morgan fingerprint density at radius 2 is 2.27 bits per heavy atom. The quantitative estimate of drug-likeness (QED) is 0.704. The molecule has 1 atom stereocenters. The van der Waals surface area contributed by atoms with E-state index < -0.39 is 13.3 Å². The zero-order chi connectivity index (χ0) is 8.48. The first-order valence-corrected chi connectivity index (χ1v) is 5.66. The Balaban J connectivity index is 2.87. The third-order valence-corrected chi connectivity index (χ3v) is 3.98. The normalized spacial score (nSPS) is 14.8. The standard InChI is InChI=1S/C6H9O3PS/c1-5(10(7,8)9)6-3-2-4-11-6/h2-5H,1H3,(H2,7,8,9). The molecule has 62 valence electrons. The van der Waals surface area contributed by atoms with Gasteiger partial charge in [0.15, 0.2) is 0 Å². The molecule has 1 aromatic rings. The third-order valence-electron chi connectivity index (χ3n) is 1.46. The molecule has 0 aliphatic carbocycles. The first kappa shape index (κ1) is 8.94. The monoisotopic (exact) mass is 192 g/mol. The SMILES string of the molecule is CC(c1cccs1)P(=O)(O)O. The molecular formula is C6H9O3PS. The van der Waals surface area contributed by atoms with Crippen LogP contribution < -0.4 is 0 Å². The van der Waals surface area contributed by atoms with Gasteiger partial charge in [0.25, 0.3) is 0 Å². The van der Waals surface area contributed by atoms with E-state index in [9.17, 15) is 4.57 Å². The number of thiophene rings is 1. The lowest BCUT2D eigenvalue weighted by Gasteiger charge is -2.10. The second-order valence-corrected chi connectivity index (χ2v) is 5.21. The molecule has 0 saturated carbocycles. The molecule has 0 saturated heterocycles. The highest BCUT2D eigenvalue weighted by Crippen LogP contribution is 2.52. The summed E-state index contributed by atoms with van der Waals surface area (Å²) in [5, 5.41) is 1.81. The Morgan fingerprint density at radius 1 is 1.64 bits per heavy atom. The van der Waals surface area contributed by atoms with Gasteiger partial charge < -0.3 is 9.79 Å². The van der Waals surface area contributed by atoms with E-state index in [1.807, 2.05) is 5.38 Å². The minimum atomic E-state index is -3.94.